The number of aryl methyl sites for hydroxylation is 1. The highest BCUT2D eigenvalue weighted by atomic mass is 19.3. The van der Waals surface area contributed by atoms with E-state index in [0.29, 0.717) is 35.3 Å². The third-order valence-corrected chi connectivity index (χ3v) is 6.42. The lowest BCUT2D eigenvalue weighted by Gasteiger charge is -2.46. The Labute approximate surface area is 201 Å². The molecule has 0 radical (unpaired) electrons. The predicted octanol–water partition coefficient (Wildman–Crippen LogP) is 1.84. The molecule has 1 aromatic carbocycles. The molecule has 1 unspecified atom stereocenters. The first-order valence-corrected chi connectivity index (χ1v) is 11.4. The van der Waals surface area contributed by atoms with Crippen molar-refractivity contribution in [2.24, 2.45) is 0 Å². The van der Waals surface area contributed by atoms with Crippen LogP contribution in [0.4, 0.5) is 14.6 Å². The Morgan fingerprint density at radius 3 is 2.57 bits per heavy atom. The number of hydrogen-bond donors (Lipinski definition) is 0. The number of carbonyl (C=O) groups is 1. The number of benzene rings is 1. The highest BCUT2D eigenvalue weighted by molar-refractivity contribution is 5.83. The molecule has 4 heterocycles. The lowest BCUT2D eigenvalue weighted by Crippen LogP contribution is -2.63. The van der Waals surface area contributed by atoms with Gasteiger partial charge in [-0.15, -0.1) is 15.3 Å². The number of nitrogens with zero attached hydrogens (tertiary/aromatic N) is 8. The molecule has 35 heavy (non-hydrogen) atoms. The normalized spacial score (nSPS) is 18.8. The van der Waals surface area contributed by atoms with E-state index in [2.05, 4.69) is 32.5 Å². The number of carbonyl (C=O) groups excluding carboxylic acids is 1. The quantitative estimate of drug-likeness (QED) is 0.524. The van der Waals surface area contributed by atoms with Gasteiger partial charge in [-0.05, 0) is 32.2 Å². The second kappa shape index (κ2) is 9.53. The van der Waals surface area contributed by atoms with Gasteiger partial charge in [-0.1, -0.05) is 17.3 Å². The molecule has 0 bridgehead atoms. The summed E-state index contributed by atoms with van der Waals surface area (Å²) in [7, 11) is 2.06. The fraction of sp³-hybridized carbons (Fsp3) is 0.435. The van der Waals surface area contributed by atoms with Crippen LogP contribution < -0.4 is 9.64 Å². The van der Waals surface area contributed by atoms with Crippen LogP contribution in [0.3, 0.4) is 0 Å². The van der Waals surface area contributed by atoms with E-state index >= 15 is 0 Å². The third-order valence-electron chi connectivity index (χ3n) is 6.42. The van der Waals surface area contributed by atoms with Crippen LogP contribution in [0.15, 0.2) is 36.4 Å². The second-order valence-corrected chi connectivity index (χ2v) is 8.83. The van der Waals surface area contributed by atoms with Gasteiger partial charge >= 0.3 is 0 Å². The monoisotopic (exact) mass is 484 g/mol. The maximum Gasteiger partial charge on any atom is 0.263 e. The topological polar surface area (TPSA) is 92.5 Å². The van der Waals surface area contributed by atoms with Crippen LogP contribution in [0.1, 0.15) is 23.4 Å². The molecule has 1 amide bonds. The number of hydrogen-bond acceptors (Lipinski definition) is 8. The summed E-state index contributed by atoms with van der Waals surface area (Å²) in [5.74, 6) is 1.05. The molecule has 2 fully saturated rings. The van der Waals surface area contributed by atoms with Crippen LogP contribution in [0.5, 0.6) is 5.88 Å². The largest absolute Gasteiger partial charge is 0.470 e. The van der Waals surface area contributed by atoms with E-state index in [1.54, 1.807) is 35.9 Å². The Morgan fingerprint density at radius 1 is 1.06 bits per heavy atom. The number of amides is 1. The second-order valence-electron chi connectivity index (χ2n) is 8.83. The maximum atomic E-state index is 12.9. The highest BCUT2D eigenvalue weighted by Crippen LogP contribution is 2.23. The number of halogens is 2. The van der Waals surface area contributed by atoms with Crippen LogP contribution >= 0.6 is 0 Å². The molecule has 5 rings (SSSR count). The smallest absolute Gasteiger partial charge is 0.263 e. The average Bonchev–Trinajstić information content (AvgIpc) is 3.23. The number of piperazine rings is 2. The summed E-state index contributed by atoms with van der Waals surface area (Å²) < 4.78 is 33.1. The average molecular weight is 485 g/mol. The van der Waals surface area contributed by atoms with Gasteiger partial charge in [0.2, 0.25) is 11.8 Å². The van der Waals surface area contributed by atoms with Crippen molar-refractivity contribution in [3.8, 4) is 11.6 Å². The first-order chi connectivity index (χ1) is 16.9. The molecular weight excluding hydrogens is 458 g/mol. The van der Waals surface area contributed by atoms with Gasteiger partial charge < -0.3 is 19.4 Å². The molecule has 0 saturated carbocycles. The maximum absolute atomic E-state index is 12.9. The minimum atomic E-state index is -2.53. The summed E-state index contributed by atoms with van der Waals surface area (Å²) in [6.07, 6.45) is -2.53. The van der Waals surface area contributed by atoms with E-state index in [4.69, 9.17) is 4.74 Å². The molecule has 0 spiro atoms. The Bertz CT molecular complexity index is 1190. The van der Waals surface area contributed by atoms with Gasteiger partial charge in [0.1, 0.15) is 12.3 Å². The molecule has 184 valence electrons. The van der Waals surface area contributed by atoms with Crippen molar-refractivity contribution < 1.29 is 18.3 Å². The lowest BCUT2D eigenvalue weighted by molar-refractivity contribution is -0.136. The van der Waals surface area contributed by atoms with E-state index in [1.165, 1.54) is 12.1 Å². The predicted molar refractivity (Wildman–Crippen MR) is 123 cm³/mol. The molecule has 10 nitrogen and oxygen atoms in total. The SMILES string of the molecule is Cc1nnn(-c2ccc(C(F)F)cc2)c1COc1ccc(N2CC(=O)N3CCN(C)CC3C2)nn1. The molecule has 1 atom stereocenters. The zero-order valence-electron chi connectivity index (χ0n) is 19.5. The zero-order chi connectivity index (χ0) is 24.5. The molecule has 3 aromatic rings. The van der Waals surface area contributed by atoms with Crippen molar-refractivity contribution in [3.05, 3.63) is 53.3 Å². The van der Waals surface area contributed by atoms with Gasteiger partial charge in [-0.2, -0.15) is 0 Å². The van der Waals surface area contributed by atoms with Crippen LogP contribution in [0.2, 0.25) is 0 Å². The Balaban J connectivity index is 1.25. The number of aromatic nitrogens is 5. The summed E-state index contributed by atoms with van der Waals surface area (Å²) in [6, 6.07) is 9.51. The Morgan fingerprint density at radius 2 is 1.86 bits per heavy atom. The Hall–Kier alpha value is -3.67. The fourth-order valence-electron chi connectivity index (χ4n) is 4.45. The van der Waals surface area contributed by atoms with Gasteiger partial charge in [0.15, 0.2) is 5.82 Å². The van der Waals surface area contributed by atoms with E-state index in [-0.39, 0.29) is 30.7 Å². The van der Waals surface area contributed by atoms with Gasteiger partial charge in [-0.3, -0.25) is 4.79 Å². The first-order valence-electron chi connectivity index (χ1n) is 11.4. The number of ether oxygens (including phenoxy) is 1. The highest BCUT2D eigenvalue weighted by Gasteiger charge is 2.36. The van der Waals surface area contributed by atoms with Gasteiger partial charge in [0.05, 0.1) is 24.0 Å². The van der Waals surface area contributed by atoms with Gasteiger partial charge in [0, 0.05) is 37.8 Å². The van der Waals surface area contributed by atoms with Crippen molar-refractivity contribution >= 4 is 11.7 Å². The van der Waals surface area contributed by atoms with E-state index in [1.807, 2.05) is 9.80 Å². The Kier molecular flexibility index (Phi) is 6.29. The first kappa shape index (κ1) is 23.1. The molecule has 12 heteroatoms. The number of alkyl halides is 2. The lowest BCUT2D eigenvalue weighted by atomic mass is 10.1. The van der Waals surface area contributed by atoms with Crippen LogP contribution in [-0.2, 0) is 11.4 Å². The molecule has 0 aliphatic carbocycles. The summed E-state index contributed by atoms with van der Waals surface area (Å²) in [5, 5.41) is 16.7. The number of anilines is 1. The van der Waals surface area contributed by atoms with Gasteiger partial charge in [0.25, 0.3) is 6.43 Å². The van der Waals surface area contributed by atoms with Crippen molar-refractivity contribution in [1.29, 1.82) is 0 Å². The third kappa shape index (κ3) is 4.78. The van der Waals surface area contributed by atoms with Crippen molar-refractivity contribution in [3.63, 3.8) is 0 Å². The summed E-state index contributed by atoms with van der Waals surface area (Å²) in [6.45, 7) is 5.39. The standard InChI is InChI=1S/C23H26F2N8O2/c1-15-19(33(29-26-15)17-5-3-16(4-6-17)23(24)25)14-35-21-8-7-20(27-28-21)31-12-18-11-30(2)9-10-32(18)22(34)13-31/h3-8,18,23H,9-14H2,1-2H3. The number of rotatable bonds is 6. The molecule has 2 aliphatic rings. The number of likely N-dealkylation sites (N-methyl/N-ethyl adjacent to an activating group) is 1. The summed E-state index contributed by atoms with van der Waals surface area (Å²) in [5.41, 5.74) is 1.87. The summed E-state index contributed by atoms with van der Waals surface area (Å²) in [4.78, 5) is 18.7. The van der Waals surface area contributed by atoms with Crippen molar-refractivity contribution in [2.45, 2.75) is 26.0 Å². The van der Waals surface area contributed by atoms with Crippen molar-refractivity contribution in [1.82, 2.24) is 35.0 Å². The van der Waals surface area contributed by atoms with Crippen molar-refractivity contribution in [2.75, 3.05) is 44.7 Å². The minimum Gasteiger partial charge on any atom is -0.470 e. The molecule has 2 saturated heterocycles. The number of fused-ring (bicyclic) bond motifs is 1. The van der Waals surface area contributed by atoms with E-state index in [0.717, 1.165) is 19.6 Å². The molecular formula is C23H26F2N8O2. The molecule has 0 N–H and O–H groups in total. The minimum absolute atomic E-state index is 0.0580. The summed E-state index contributed by atoms with van der Waals surface area (Å²) >= 11 is 0. The van der Waals surface area contributed by atoms with Crippen LogP contribution in [-0.4, -0.2) is 86.7 Å². The van der Waals surface area contributed by atoms with Crippen LogP contribution in [0.25, 0.3) is 5.69 Å². The fourth-order valence-corrected chi connectivity index (χ4v) is 4.45. The van der Waals surface area contributed by atoms with E-state index < -0.39 is 6.43 Å². The zero-order valence-corrected chi connectivity index (χ0v) is 19.5. The molecule has 2 aliphatic heterocycles. The molecule has 2 aromatic heterocycles. The van der Waals surface area contributed by atoms with Gasteiger partial charge in [-0.25, -0.2) is 13.5 Å². The van der Waals surface area contributed by atoms with E-state index in [9.17, 15) is 13.6 Å². The van der Waals surface area contributed by atoms with Crippen LogP contribution in [0, 0.1) is 6.92 Å².